The van der Waals surface area contributed by atoms with Gasteiger partial charge in [-0.05, 0) is 55.4 Å². The molecule has 0 unspecified atom stereocenters. The molecule has 1 aromatic carbocycles. The summed E-state index contributed by atoms with van der Waals surface area (Å²) in [5.41, 5.74) is 2.67. The van der Waals surface area contributed by atoms with Crippen LogP contribution in [0.25, 0.3) is 0 Å². The molecule has 3 amide bonds. The van der Waals surface area contributed by atoms with Crippen molar-refractivity contribution in [2.75, 3.05) is 18.5 Å². The van der Waals surface area contributed by atoms with Crippen molar-refractivity contribution in [3.05, 3.63) is 29.3 Å². The van der Waals surface area contributed by atoms with Crippen LogP contribution in [-0.2, 0) is 23.9 Å². The number of carbonyl (C=O) groups excluding carboxylic acids is 4. The fourth-order valence-corrected chi connectivity index (χ4v) is 7.17. The summed E-state index contributed by atoms with van der Waals surface area (Å²) in [6.45, 7) is 3.43. The maximum atomic E-state index is 12.8. The first-order valence-electron chi connectivity index (χ1n) is 10.3. The predicted molar refractivity (Wildman–Crippen MR) is 121 cm³/mol. The molecule has 31 heavy (non-hydrogen) atoms. The van der Waals surface area contributed by atoms with E-state index in [2.05, 4.69) is 37.2 Å². The fourth-order valence-electron chi connectivity index (χ4n) is 5.30. The van der Waals surface area contributed by atoms with Crippen LogP contribution in [0.1, 0.15) is 24.0 Å². The molecule has 1 heterocycles. The number of alkyl halides is 2. The van der Waals surface area contributed by atoms with Crippen LogP contribution in [-0.4, -0.2) is 51.4 Å². The maximum Gasteiger partial charge on any atom is 0.308 e. The monoisotopic (exact) mass is 554 g/mol. The lowest BCUT2D eigenvalue weighted by Crippen LogP contribution is -2.37. The number of likely N-dealkylation sites (tertiary alicyclic amines) is 1. The Labute approximate surface area is 197 Å². The molecule has 0 radical (unpaired) electrons. The molecule has 166 valence electrons. The smallest absolute Gasteiger partial charge is 0.308 e. The molecule has 7 nitrogen and oxygen atoms in total. The number of carbonyl (C=O) groups is 4. The third kappa shape index (κ3) is 4.18. The minimum Gasteiger partial charge on any atom is -0.456 e. The van der Waals surface area contributed by atoms with Crippen LogP contribution in [0.5, 0.6) is 0 Å². The average Bonchev–Trinajstić information content (AvgIpc) is 3.29. The lowest BCUT2D eigenvalue weighted by molar-refractivity contribution is -0.149. The number of halogens is 2. The minimum atomic E-state index is -0.618. The van der Waals surface area contributed by atoms with Gasteiger partial charge in [-0.3, -0.25) is 24.1 Å². The minimum absolute atomic E-state index is 0.0124. The maximum absolute atomic E-state index is 12.8. The molecule has 3 fully saturated rings. The Morgan fingerprint density at radius 1 is 1.03 bits per heavy atom. The van der Waals surface area contributed by atoms with Gasteiger partial charge in [0.25, 0.3) is 5.91 Å². The fraction of sp³-hybridized carbons (Fsp3) is 0.545. The lowest BCUT2D eigenvalue weighted by Gasteiger charge is -2.28. The van der Waals surface area contributed by atoms with Gasteiger partial charge >= 0.3 is 5.97 Å². The van der Waals surface area contributed by atoms with E-state index in [9.17, 15) is 19.2 Å². The van der Waals surface area contributed by atoms with Gasteiger partial charge in [0, 0.05) is 21.9 Å². The van der Waals surface area contributed by atoms with Gasteiger partial charge < -0.3 is 10.1 Å². The van der Waals surface area contributed by atoms with Gasteiger partial charge in [-0.15, -0.1) is 0 Å². The molecule has 2 aliphatic carbocycles. The van der Waals surface area contributed by atoms with Crippen molar-refractivity contribution < 1.29 is 23.9 Å². The molecule has 6 atom stereocenters. The first-order chi connectivity index (χ1) is 14.7. The molecule has 9 heteroatoms. The number of hydrogen-bond acceptors (Lipinski definition) is 5. The molecule has 0 spiro atoms. The Hall–Kier alpha value is -1.74. The number of amides is 3. The van der Waals surface area contributed by atoms with E-state index in [0.717, 1.165) is 17.5 Å². The van der Waals surface area contributed by atoms with Gasteiger partial charge in [0.2, 0.25) is 11.8 Å². The molecule has 1 N–H and O–H groups in total. The number of imide groups is 1. The highest BCUT2D eigenvalue weighted by Gasteiger charge is 2.66. The zero-order valence-electron chi connectivity index (χ0n) is 17.3. The number of aryl methyl sites for hydroxylation is 2. The van der Waals surface area contributed by atoms with Crippen molar-refractivity contribution in [3.8, 4) is 0 Å². The van der Waals surface area contributed by atoms with E-state index in [-0.39, 0.29) is 58.1 Å². The number of nitrogens with zero attached hydrogens (tertiary/aromatic N) is 1. The largest absolute Gasteiger partial charge is 0.456 e. The predicted octanol–water partition coefficient (Wildman–Crippen LogP) is 2.95. The van der Waals surface area contributed by atoms with Crippen molar-refractivity contribution in [1.29, 1.82) is 0 Å². The SMILES string of the molecule is Cc1cc(C)cc(NC(=O)COC(=O)CCN2C(=O)[C@@H]3[C@H]4C[C@@H]([C@@H](Br)[C@H]4Br)[C@H]3C2=O)c1. The Balaban J connectivity index is 1.26. The summed E-state index contributed by atoms with van der Waals surface area (Å²) in [6, 6.07) is 5.65. The number of fused-ring (bicyclic) bond motifs is 5. The van der Waals surface area contributed by atoms with Crippen molar-refractivity contribution in [1.82, 2.24) is 4.90 Å². The van der Waals surface area contributed by atoms with Crippen molar-refractivity contribution in [2.45, 2.75) is 36.3 Å². The van der Waals surface area contributed by atoms with Crippen molar-refractivity contribution in [3.63, 3.8) is 0 Å². The van der Waals surface area contributed by atoms with Crippen molar-refractivity contribution in [2.24, 2.45) is 23.7 Å². The molecule has 1 aliphatic heterocycles. The average molecular weight is 556 g/mol. The van der Waals surface area contributed by atoms with Gasteiger partial charge in [-0.25, -0.2) is 0 Å². The number of esters is 1. The van der Waals surface area contributed by atoms with Crippen LogP contribution in [0.15, 0.2) is 18.2 Å². The van der Waals surface area contributed by atoms with Gasteiger partial charge in [-0.2, -0.15) is 0 Å². The van der Waals surface area contributed by atoms with Gasteiger partial charge in [0.15, 0.2) is 6.61 Å². The van der Waals surface area contributed by atoms with Crippen LogP contribution < -0.4 is 5.32 Å². The molecule has 3 aliphatic rings. The van der Waals surface area contributed by atoms with Crippen LogP contribution in [0.2, 0.25) is 0 Å². The second kappa shape index (κ2) is 8.65. The molecule has 0 aromatic heterocycles. The van der Waals surface area contributed by atoms with Gasteiger partial charge in [0.1, 0.15) is 0 Å². The van der Waals surface area contributed by atoms with E-state index in [1.54, 1.807) is 0 Å². The summed E-state index contributed by atoms with van der Waals surface area (Å²) in [5.74, 6) is -1.75. The van der Waals surface area contributed by atoms with Crippen LogP contribution in [0.4, 0.5) is 5.69 Å². The van der Waals surface area contributed by atoms with E-state index in [4.69, 9.17) is 4.74 Å². The van der Waals surface area contributed by atoms with Crippen LogP contribution in [0.3, 0.4) is 0 Å². The molecular formula is C22H24Br2N2O5. The summed E-state index contributed by atoms with van der Waals surface area (Å²) in [7, 11) is 0. The molecular weight excluding hydrogens is 532 g/mol. The normalized spacial score (nSPS) is 31.2. The highest BCUT2D eigenvalue weighted by atomic mass is 79.9. The highest BCUT2D eigenvalue weighted by molar-refractivity contribution is 9.12. The molecule has 1 saturated heterocycles. The summed E-state index contributed by atoms with van der Waals surface area (Å²) in [5, 5.41) is 2.70. The summed E-state index contributed by atoms with van der Waals surface area (Å²) in [6.07, 6.45) is 0.739. The molecule has 2 bridgehead atoms. The third-order valence-electron chi connectivity index (χ3n) is 6.49. The number of rotatable bonds is 6. The third-order valence-corrected chi connectivity index (χ3v) is 9.69. The summed E-state index contributed by atoms with van der Waals surface area (Å²) in [4.78, 5) is 51.4. The summed E-state index contributed by atoms with van der Waals surface area (Å²) < 4.78 is 5.03. The van der Waals surface area contributed by atoms with E-state index in [1.165, 1.54) is 4.90 Å². The number of hydrogen-bond donors (Lipinski definition) is 1. The number of anilines is 1. The van der Waals surface area contributed by atoms with Crippen molar-refractivity contribution >= 4 is 61.2 Å². The van der Waals surface area contributed by atoms with Gasteiger partial charge in [-0.1, -0.05) is 37.9 Å². The van der Waals surface area contributed by atoms with Crippen LogP contribution in [0, 0.1) is 37.5 Å². The van der Waals surface area contributed by atoms with E-state index >= 15 is 0 Å². The van der Waals surface area contributed by atoms with Crippen LogP contribution >= 0.6 is 31.9 Å². The number of ether oxygens (including phenoxy) is 1. The second-order valence-electron chi connectivity index (χ2n) is 8.67. The quantitative estimate of drug-likeness (QED) is 0.331. The first kappa shape index (κ1) is 22.5. The molecule has 1 aromatic rings. The Bertz CT molecular complexity index is 900. The van der Waals surface area contributed by atoms with E-state index in [0.29, 0.717) is 5.69 Å². The Morgan fingerprint density at radius 3 is 2.13 bits per heavy atom. The molecule has 4 rings (SSSR count). The Kier molecular flexibility index (Phi) is 6.27. The zero-order valence-corrected chi connectivity index (χ0v) is 20.4. The Morgan fingerprint density at radius 2 is 1.58 bits per heavy atom. The second-order valence-corrected chi connectivity index (χ2v) is 10.8. The lowest BCUT2D eigenvalue weighted by atomic mass is 9.81. The summed E-state index contributed by atoms with van der Waals surface area (Å²) >= 11 is 7.30. The number of nitrogens with one attached hydrogen (secondary N) is 1. The standard InChI is InChI=1S/C22H24Br2N2O5/c1-10-5-11(2)7-12(6-10)25-15(27)9-31-16(28)3-4-26-21(29)17-13-8-14(18(17)22(26)30)20(24)19(13)23/h5-7,13-14,17-20H,3-4,8-9H2,1-2H3,(H,25,27)/t13-,14-,17-,18-,19-,20+/m1/s1. The topological polar surface area (TPSA) is 92.8 Å². The van der Waals surface area contributed by atoms with E-state index < -0.39 is 18.5 Å². The first-order valence-corrected chi connectivity index (χ1v) is 12.2. The molecule has 2 saturated carbocycles. The highest BCUT2D eigenvalue weighted by Crippen LogP contribution is 2.60. The number of benzene rings is 1. The van der Waals surface area contributed by atoms with Gasteiger partial charge in [0.05, 0.1) is 18.3 Å². The van der Waals surface area contributed by atoms with E-state index in [1.807, 2.05) is 32.0 Å². The zero-order chi connectivity index (χ0) is 22.4.